The fourth-order valence-corrected chi connectivity index (χ4v) is 2.00. The summed E-state index contributed by atoms with van der Waals surface area (Å²) in [5.74, 6) is 1.04. The summed E-state index contributed by atoms with van der Waals surface area (Å²) >= 11 is 0. The van der Waals surface area contributed by atoms with Gasteiger partial charge in [-0.3, -0.25) is 0 Å². The predicted molar refractivity (Wildman–Crippen MR) is 48.4 cm³/mol. The lowest BCUT2D eigenvalue weighted by Gasteiger charge is -2.23. The quantitative estimate of drug-likeness (QED) is 0.552. The van der Waals surface area contributed by atoms with Crippen molar-refractivity contribution in [2.45, 2.75) is 25.7 Å². The van der Waals surface area contributed by atoms with Gasteiger partial charge < -0.3 is 9.69 Å². The Morgan fingerprint density at radius 2 is 1.33 bits per heavy atom. The Morgan fingerprint density at radius 3 is 1.67 bits per heavy atom. The van der Waals surface area contributed by atoms with E-state index in [2.05, 4.69) is 9.69 Å². The molecule has 0 aromatic rings. The van der Waals surface area contributed by atoms with Gasteiger partial charge in [-0.1, -0.05) is 12.8 Å². The Kier molecular flexibility index (Phi) is 3.61. The highest BCUT2D eigenvalue weighted by Crippen LogP contribution is 2.30. The van der Waals surface area contributed by atoms with Gasteiger partial charge in [0.05, 0.1) is 0 Å². The molecule has 1 rings (SSSR count). The number of rotatable bonds is 2. The van der Waals surface area contributed by atoms with Crippen LogP contribution >= 0.6 is 0 Å². The highest BCUT2D eigenvalue weighted by atomic mass is 14.7. The van der Waals surface area contributed by atoms with Crippen LogP contribution in [0, 0.1) is 25.0 Å². The second-order valence-corrected chi connectivity index (χ2v) is 3.49. The van der Waals surface area contributed by atoms with E-state index in [9.17, 15) is 0 Å². The first kappa shape index (κ1) is 9.07. The minimum atomic E-state index is 0.519. The molecule has 0 spiro atoms. The summed E-state index contributed by atoms with van der Waals surface area (Å²) in [6, 6.07) is 0. The molecule has 12 heavy (non-hydrogen) atoms. The molecule has 2 heteroatoms. The van der Waals surface area contributed by atoms with Crippen LogP contribution in [-0.4, -0.2) is 13.1 Å². The highest BCUT2D eigenvalue weighted by Gasteiger charge is 2.29. The summed E-state index contributed by atoms with van der Waals surface area (Å²) in [4.78, 5) is 6.88. The second-order valence-electron chi connectivity index (χ2n) is 3.49. The molecule has 1 fully saturated rings. The maximum Gasteiger partial charge on any atom is 0.218 e. The lowest BCUT2D eigenvalue weighted by Crippen LogP contribution is -2.23. The van der Waals surface area contributed by atoms with E-state index in [0.717, 1.165) is 0 Å². The van der Waals surface area contributed by atoms with Gasteiger partial charge in [-0.15, -0.1) is 0 Å². The van der Waals surface area contributed by atoms with Crippen LogP contribution in [0.5, 0.6) is 0 Å². The molecular formula is C10H14N2. The summed E-state index contributed by atoms with van der Waals surface area (Å²) in [6.07, 6.45) is 4.86. The third-order valence-corrected chi connectivity index (χ3v) is 2.72. The average Bonchev–Trinajstić information content (AvgIpc) is 2.09. The Labute approximate surface area is 74.2 Å². The van der Waals surface area contributed by atoms with Crippen molar-refractivity contribution in [1.82, 2.24) is 0 Å². The SMILES string of the molecule is [C-]#[N+]CC1CCCCC1C[N+]#[C-]. The third kappa shape index (κ3) is 2.24. The maximum absolute atomic E-state index is 6.81. The molecule has 1 saturated carbocycles. The minimum Gasteiger partial charge on any atom is -0.317 e. The Morgan fingerprint density at radius 1 is 0.917 bits per heavy atom. The lowest BCUT2D eigenvalue weighted by molar-refractivity contribution is 0.268. The highest BCUT2D eigenvalue weighted by molar-refractivity contribution is 4.84. The van der Waals surface area contributed by atoms with E-state index < -0.39 is 0 Å². The van der Waals surface area contributed by atoms with Crippen molar-refractivity contribution in [2.75, 3.05) is 13.1 Å². The molecule has 0 aromatic carbocycles. The maximum atomic E-state index is 6.81. The van der Waals surface area contributed by atoms with Gasteiger partial charge >= 0.3 is 0 Å². The summed E-state index contributed by atoms with van der Waals surface area (Å²) < 4.78 is 0. The van der Waals surface area contributed by atoms with Crippen LogP contribution < -0.4 is 0 Å². The number of hydrogen-bond acceptors (Lipinski definition) is 0. The van der Waals surface area contributed by atoms with E-state index in [4.69, 9.17) is 13.1 Å². The molecule has 0 heterocycles. The zero-order valence-electron chi connectivity index (χ0n) is 7.29. The lowest BCUT2D eigenvalue weighted by atomic mass is 9.79. The monoisotopic (exact) mass is 162 g/mol. The Hall–Kier alpha value is -1.02. The van der Waals surface area contributed by atoms with E-state index in [0.29, 0.717) is 24.9 Å². The fourth-order valence-electron chi connectivity index (χ4n) is 2.00. The standard InChI is InChI=1S/C10H14N2/c1-11-7-9-5-3-4-6-10(9)8-12-2/h9-10H,3-8H2. The molecular weight excluding hydrogens is 148 g/mol. The normalized spacial score (nSPS) is 28.8. The second kappa shape index (κ2) is 4.78. The van der Waals surface area contributed by atoms with Crippen LogP contribution in [0.2, 0.25) is 0 Å². The largest absolute Gasteiger partial charge is 0.317 e. The molecule has 2 unspecified atom stereocenters. The summed E-state index contributed by atoms with van der Waals surface area (Å²) in [5.41, 5.74) is 0. The molecule has 64 valence electrons. The number of nitrogens with zero attached hydrogens (tertiary/aromatic N) is 2. The van der Waals surface area contributed by atoms with Crippen molar-refractivity contribution in [2.24, 2.45) is 11.8 Å². The first-order chi connectivity index (χ1) is 5.88. The minimum absolute atomic E-state index is 0.519. The molecule has 0 radical (unpaired) electrons. The fraction of sp³-hybridized carbons (Fsp3) is 0.800. The van der Waals surface area contributed by atoms with Crippen molar-refractivity contribution in [3.63, 3.8) is 0 Å². The van der Waals surface area contributed by atoms with Crippen molar-refractivity contribution < 1.29 is 0 Å². The molecule has 0 aliphatic heterocycles. The predicted octanol–water partition coefficient (Wildman–Crippen LogP) is 2.63. The first-order valence-electron chi connectivity index (χ1n) is 4.55. The van der Waals surface area contributed by atoms with E-state index in [1.165, 1.54) is 25.7 Å². The molecule has 2 atom stereocenters. The Bertz CT molecular complexity index is 185. The third-order valence-electron chi connectivity index (χ3n) is 2.72. The van der Waals surface area contributed by atoms with Crippen LogP contribution in [0.3, 0.4) is 0 Å². The van der Waals surface area contributed by atoms with Gasteiger partial charge in [0.1, 0.15) is 0 Å². The van der Waals surface area contributed by atoms with Crippen LogP contribution in [0.25, 0.3) is 9.69 Å². The van der Waals surface area contributed by atoms with Crippen LogP contribution in [0.4, 0.5) is 0 Å². The van der Waals surface area contributed by atoms with Crippen molar-refractivity contribution >= 4 is 0 Å². The average molecular weight is 162 g/mol. The van der Waals surface area contributed by atoms with Gasteiger partial charge in [-0.05, 0) is 12.8 Å². The van der Waals surface area contributed by atoms with E-state index in [-0.39, 0.29) is 0 Å². The Balaban J connectivity index is 2.44. The van der Waals surface area contributed by atoms with Crippen LogP contribution in [0.1, 0.15) is 25.7 Å². The van der Waals surface area contributed by atoms with E-state index in [1.807, 2.05) is 0 Å². The molecule has 1 aliphatic carbocycles. The van der Waals surface area contributed by atoms with Crippen LogP contribution in [-0.2, 0) is 0 Å². The van der Waals surface area contributed by atoms with Crippen molar-refractivity contribution in [1.29, 1.82) is 0 Å². The number of hydrogen-bond donors (Lipinski definition) is 0. The molecule has 2 nitrogen and oxygen atoms in total. The smallest absolute Gasteiger partial charge is 0.218 e. The van der Waals surface area contributed by atoms with E-state index in [1.54, 1.807) is 0 Å². The summed E-state index contributed by atoms with van der Waals surface area (Å²) in [7, 11) is 0. The molecule has 0 aromatic heterocycles. The zero-order chi connectivity index (χ0) is 8.81. The van der Waals surface area contributed by atoms with Crippen molar-refractivity contribution in [3.05, 3.63) is 22.8 Å². The zero-order valence-corrected chi connectivity index (χ0v) is 7.29. The van der Waals surface area contributed by atoms with Crippen LogP contribution in [0.15, 0.2) is 0 Å². The summed E-state index contributed by atoms with van der Waals surface area (Å²) in [6.45, 7) is 14.9. The molecule has 0 amide bonds. The molecule has 0 bridgehead atoms. The van der Waals surface area contributed by atoms with Gasteiger partial charge in [0.15, 0.2) is 0 Å². The van der Waals surface area contributed by atoms with Gasteiger partial charge in [0.2, 0.25) is 13.1 Å². The molecule has 0 saturated heterocycles. The van der Waals surface area contributed by atoms with Gasteiger partial charge in [0, 0.05) is 11.8 Å². The van der Waals surface area contributed by atoms with Gasteiger partial charge in [-0.2, -0.15) is 0 Å². The topological polar surface area (TPSA) is 8.72 Å². The molecule has 1 aliphatic rings. The molecule has 0 N–H and O–H groups in total. The summed E-state index contributed by atoms with van der Waals surface area (Å²) in [5, 5.41) is 0. The van der Waals surface area contributed by atoms with Gasteiger partial charge in [-0.25, -0.2) is 13.1 Å². The van der Waals surface area contributed by atoms with E-state index >= 15 is 0 Å². The van der Waals surface area contributed by atoms with Crippen molar-refractivity contribution in [3.8, 4) is 0 Å². The first-order valence-corrected chi connectivity index (χ1v) is 4.55. The van der Waals surface area contributed by atoms with Gasteiger partial charge in [0.25, 0.3) is 0 Å².